The van der Waals surface area contributed by atoms with Gasteiger partial charge in [0.2, 0.25) is 0 Å². The molecule has 0 aliphatic carbocycles. The molecular weight excluding hydrogens is 190 g/mol. The summed E-state index contributed by atoms with van der Waals surface area (Å²) < 4.78 is 5.53. The molecule has 1 aromatic rings. The second-order valence-electron chi connectivity index (χ2n) is 3.94. The van der Waals surface area contributed by atoms with E-state index in [1.807, 2.05) is 30.3 Å². The van der Waals surface area contributed by atoms with Crippen LogP contribution in [0.15, 0.2) is 30.3 Å². The molecule has 0 saturated carbocycles. The Morgan fingerprint density at radius 1 is 1.33 bits per heavy atom. The van der Waals surface area contributed by atoms with Gasteiger partial charge >= 0.3 is 0 Å². The molecule has 0 aromatic heterocycles. The Labute approximate surface area is 90.1 Å². The van der Waals surface area contributed by atoms with E-state index in [4.69, 9.17) is 4.74 Å². The maximum atomic E-state index is 9.58. The van der Waals surface area contributed by atoms with Crippen molar-refractivity contribution in [3.05, 3.63) is 35.9 Å². The SMILES string of the molecule is OCC1(c2ccccc2)COCCCN1. The van der Waals surface area contributed by atoms with Gasteiger partial charge in [0.1, 0.15) is 0 Å². The van der Waals surface area contributed by atoms with Gasteiger partial charge in [0.15, 0.2) is 0 Å². The topological polar surface area (TPSA) is 41.5 Å². The van der Waals surface area contributed by atoms with Gasteiger partial charge in [-0.2, -0.15) is 0 Å². The number of rotatable bonds is 2. The molecule has 15 heavy (non-hydrogen) atoms. The maximum Gasteiger partial charge on any atom is 0.0905 e. The number of hydrogen-bond donors (Lipinski definition) is 2. The molecule has 0 amide bonds. The van der Waals surface area contributed by atoms with Crippen molar-refractivity contribution in [2.24, 2.45) is 0 Å². The monoisotopic (exact) mass is 207 g/mol. The third-order valence-electron chi connectivity index (χ3n) is 2.87. The summed E-state index contributed by atoms with van der Waals surface area (Å²) in [5, 5.41) is 13.0. The molecule has 1 atom stereocenters. The van der Waals surface area contributed by atoms with E-state index in [0.717, 1.165) is 25.1 Å². The lowest BCUT2D eigenvalue weighted by Crippen LogP contribution is -2.48. The average Bonchev–Trinajstić information content (AvgIpc) is 2.56. The van der Waals surface area contributed by atoms with Crippen LogP contribution in [0.3, 0.4) is 0 Å². The van der Waals surface area contributed by atoms with Gasteiger partial charge in [0, 0.05) is 6.61 Å². The molecule has 1 unspecified atom stereocenters. The normalized spacial score (nSPS) is 27.3. The first-order chi connectivity index (χ1) is 7.37. The zero-order valence-electron chi connectivity index (χ0n) is 8.78. The van der Waals surface area contributed by atoms with E-state index in [2.05, 4.69) is 5.32 Å². The summed E-state index contributed by atoms with van der Waals surface area (Å²) in [5.41, 5.74) is 0.673. The van der Waals surface area contributed by atoms with Crippen LogP contribution in [0.5, 0.6) is 0 Å². The summed E-state index contributed by atoms with van der Waals surface area (Å²) in [7, 11) is 0. The van der Waals surface area contributed by atoms with Crippen LogP contribution in [0.4, 0.5) is 0 Å². The van der Waals surface area contributed by atoms with Crippen LogP contribution in [0.25, 0.3) is 0 Å². The van der Waals surface area contributed by atoms with E-state index in [9.17, 15) is 5.11 Å². The van der Waals surface area contributed by atoms with Crippen molar-refractivity contribution >= 4 is 0 Å². The fourth-order valence-electron chi connectivity index (χ4n) is 1.93. The minimum atomic E-state index is -0.419. The first-order valence-corrected chi connectivity index (χ1v) is 5.36. The van der Waals surface area contributed by atoms with Gasteiger partial charge < -0.3 is 15.2 Å². The van der Waals surface area contributed by atoms with Crippen molar-refractivity contribution in [3.63, 3.8) is 0 Å². The van der Waals surface area contributed by atoms with Crippen molar-refractivity contribution < 1.29 is 9.84 Å². The van der Waals surface area contributed by atoms with Crippen molar-refractivity contribution in [3.8, 4) is 0 Å². The molecule has 1 saturated heterocycles. The van der Waals surface area contributed by atoms with E-state index in [1.165, 1.54) is 0 Å². The molecule has 3 heteroatoms. The molecule has 82 valence electrons. The zero-order valence-corrected chi connectivity index (χ0v) is 8.78. The molecule has 1 aliphatic rings. The number of nitrogens with one attached hydrogen (secondary N) is 1. The predicted octanol–water partition coefficient (Wildman–Crippen LogP) is 0.884. The fraction of sp³-hybridized carbons (Fsp3) is 0.500. The number of benzene rings is 1. The lowest BCUT2D eigenvalue weighted by atomic mass is 9.91. The summed E-state index contributed by atoms with van der Waals surface area (Å²) in [6.45, 7) is 2.25. The van der Waals surface area contributed by atoms with Crippen molar-refractivity contribution in [2.45, 2.75) is 12.0 Å². The lowest BCUT2D eigenvalue weighted by molar-refractivity contribution is 0.0551. The summed E-state index contributed by atoms with van der Waals surface area (Å²) >= 11 is 0. The smallest absolute Gasteiger partial charge is 0.0905 e. The highest BCUT2D eigenvalue weighted by molar-refractivity contribution is 5.25. The lowest BCUT2D eigenvalue weighted by Gasteiger charge is -2.31. The molecule has 0 spiro atoms. The minimum absolute atomic E-state index is 0.0665. The highest BCUT2D eigenvalue weighted by atomic mass is 16.5. The third-order valence-corrected chi connectivity index (χ3v) is 2.87. The standard InChI is InChI=1S/C12H17NO2/c14-9-12(10-15-8-4-7-13-12)11-5-2-1-3-6-11/h1-3,5-6,13-14H,4,7-10H2. The second-order valence-corrected chi connectivity index (χ2v) is 3.94. The summed E-state index contributed by atoms with van der Waals surface area (Å²) in [6.07, 6.45) is 0.995. The average molecular weight is 207 g/mol. The van der Waals surface area contributed by atoms with Gasteiger partial charge in [-0.05, 0) is 18.5 Å². The molecule has 0 radical (unpaired) electrons. The first kappa shape index (κ1) is 10.6. The molecule has 1 aromatic carbocycles. The van der Waals surface area contributed by atoms with Crippen LogP contribution in [0, 0.1) is 0 Å². The van der Waals surface area contributed by atoms with E-state index >= 15 is 0 Å². The molecule has 2 N–H and O–H groups in total. The fourth-order valence-corrected chi connectivity index (χ4v) is 1.93. The Hall–Kier alpha value is -0.900. The highest BCUT2D eigenvalue weighted by Crippen LogP contribution is 2.22. The number of ether oxygens (including phenoxy) is 1. The van der Waals surface area contributed by atoms with Crippen LogP contribution in [0.2, 0.25) is 0 Å². The Kier molecular flexibility index (Phi) is 3.36. The summed E-state index contributed by atoms with van der Waals surface area (Å²) in [5.74, 6) is 0. The van der Waals surface area contributed by atoms with E-state index in [0.29, 0.717) is 6.61 Å². The molecular formula is C12H17NO2. The van der Waals surface area contributed by atoms with Crippen LogP contribution < -0.4 is 5.32 Å². The van der Waals surface area contributed by atoms with Crippen LogP contribution in [-0.4, -0.2) is 31.5 Å². The number of hydrogen-bond acceptors (Lipinski definition) is 3. The van der Waals surface area contributed by atoms with Gasteiger partial charge in [0.25, 0.3) is 0 Å². The first-order valence-electron chi connectivity index (χ1n) is 5.36. The van der Waals surface area contributed by atoms with Crippen molar-refractivity contribution in [2.75, 3.05) is 26.4 Å². The summed E-state index contributed by atoms with van der Waals surface area (Å²) in [6, 6.07) is 10.0. The molecule has 3 nitrogen and oxygen atoms in total. The quantitative estimate of drug-likeness (QED) is 0.756. The van der Waals surface area contributed by atoms with Gasteiger partial charge in [0.05, 0.1) is 18.8 Å². The summed E-state index contributed by atoms with van der Waals surface area (Å²) in [4.78, 5) is 0. The van der Waals surface area contributed by atoms with Gasteiger partial charge in [-0.1, -0.05) is 30.3 Å². The molecule has 1 fully saturated rings. The molecule has 2 rings (SSSR count). The van der Waals surface area contributed by atoms with Gasteiger partial charge in [-0.15, -0.1) is 0 Å². The number of aliphatic hydroxyl groups excluding tert-OH is 1. The Morgan fingerprint density at radius 3 is 2.87 bits per heavy atom. The van der Waals surface area contributed by atoms with Crippen LogP contribution >= 0.6 is 0 Å². The van der Waals surface area contributed by atoms with E-state index < -0.39 is 5.54 Å². The highest BCUT2D eigenvalue weighted by Gasteiger charge is 2.32. The van der Waals surface area contributed by atoms with E-state index in [-0.39, 0.29) is 6.61 Å². The number of aliphatic hydroxyl groups is 1. The zero-order chi connectivity index (χ0) is 10.6. The second kappa shape index (κ2) is 4.75. The van der Waals surface area contributed by atoms with Gasteiger partial charge in [-0.3, -0.25) is 0 Å². The van der Waals surface area contributed by atoms with Crippen LogP contribution in [-0.2, 0) is 10.3 Å². The largest absolute Gasteiger partial charge is 0.394 e. The Morgan fingerprint density at radius 2 is 2.13 bits per heavy atom. The third kappa shape index (κ3) is 2.20. The predicted molar refractivity (Wildman–Crippen MR) is 58.6 cm³/mol. The van der Waals surface area contributed by atoms with Gasteiger partial charge in [-0.25, -0.2) is 0 Å². The Bertz CT molecular complexity index is 292. The van der Waals surface area contributed by atoms with E-state index in [1.54, 1.807) is 0 Å². The van der Waals surface area contributed by atoms with Crippen molar-refractivity contribution in [1.82, 2.24) is 5.32 Å². The molecule has 0 bridgehead atoms. The molecule has 1 heterocycles. The Balaban J connectivity index is 2.27. The van der Waals surface area contributed by atoms with Crippen molar-refractivity contribution in [1.29, 1.82) is 0 Å². The maximum absolute atomic E-state index is 9.58. The minimum Gasteiger partial charge on any atom is -0.394 e. The molecule has 1 aliphatic heterocycles. The van der Waals surface area contributed by atoms with Crippen LogP contribution in [0.1, 0.15) is 12.0 Å².